The first-order chi connectivity index (χ1) is 11.9. The second-order valence-corrected chi connectivity index (χ2v) is 7.82. The lowest BCUT2D eigenvalue weighted by atomic mass is 9.83. The van der Waals surface area contributed by atoms with E-state index in [9.17, 15) is 4.79 Å². The molecule has 25 heavy (non-hydrogen) atoms. The number of thiophene rings is 1. The average Bonchev–Trinajstić information content (AvgIpc) is 3.25. The number of oxazole rings is 1. The van der Waals surface area contributed by atoms with Gasteiger partial charge in [-0.15, -0.1) is 11.3 Å². The van der Waals surface area contributed by atoms with Crippen LogP contribution in [0.4, 0.5) is 0 Å². The van der Waals surface area contributed by atoms with E-state index in [1.165, 1.54) is 0 Å². The average molecular weight is 395 g/mol. The highest BCUT2D eigenvalue weighted by Crippen LogP contribution is 2.30. The molecular formula is C18H16Cl2N2O2S. The Kier molecular flexibility index (Phi) is 5.18. The molecule has 0 bridgehead atoms. The summed E-state index contributed by atoms with van der Waals surface area (Å²) >= 11 is 13.6. The molecule has 1 aromatic carbocycles. The molecule has 2 aromatic heterocycles. The number of nitrogens with zero attached hydrogens (tertiary/aromatic N) is 1. The smallest absolute Gasteiger partial charge is 0.236 e. The Morgan fingerprint density at radius 1 is 1.28 bits per heavy atom. The Bertz CT molecular complexity index is 888. The van der Waals surface area contributed by atoms with E-state index >= 15 is 0 Å². The van der Waals surface area contributed by atoms with Crippen molar-refractivity contribution in [3.8, 4) is 10.8 Å². The highest BCUT2D eigenvalue weighted by atomic mass is 35.5. The second kappa shape index (κ2) is 7.20. The van der Waals surface area contributed by atoms with Crippen LogP contribution in [0.15, 0.2) is 46.4 Å². The molecule has 1 N–H and O–H groups in total. The van der Waals surface area contributed by atoms with Crippen LogP contribution in [0.3, 0.4) is 0 Å². The maximum atomic E-state index is 12.6. The summed E-state index contributed by atoms with van der Waals surface area (Å²) in [6, 6.07) is 9.09. The van der Waals surface area contributed by atoms with Crippen LogP contribution < -0.4 is 5.32 Å². The predicted molar refractivity (Wildman–Crippen MR) is 101 cm³/mol. The maximum Gasteiger partial charge on any atom is 0.236 e. The molecule has 0 aliphatic rings. The zero-order chi connectivity index (χ0) is 18.0. The number of nitrogens with one attached hydrogen (secondary N) is 1. The molecule has 2 heterocycles. The third-order valence-corrected chi connectivity index (χ3v) is 5.52. The molecule has 130 valence electrons. The van der Waals surface area contributed by atoms with Gasteiger partial charge in [-0.25, -0.2) is 4.98 Å². The third kappa shape index (κ3) is 3.89. The number of benzene rings is 1. The Morgan fingerprint density at radius 2 is 2.08 bits per heavy atom. The summed E-state index contributed by atoms with van der Waals surface area (Å²) < 4.78 is 5.46. The molecule has 0 unspecified atom stereocenters. The lowest BCUT2D eigenvalue weighted by Gasteiger charge is -2.24. The van der Waals surface area contributed by atoms with Crippen LogP contribution >= 0.6 is 34.5 Å². The zero-order valence-electron chi connectivity index (χ0n) is 13.7. The summed E-state index contributed by atoms with van der Waals surface area (Å²) in [4.78, 5) is 18.0. The van der Waals surface area contributed by atoms with Gasteiger partial charge in [0.05, 0.1) is 32.6 Å². The Hall–Kier alpha value is -1.82. The summed E-state index contributed by atoms with van der Waals surface area (Å²) in [6.45, 7) is 3.96. The molecule has 0 saturated heterocycles. The number of halogens is 2. The molecule has 0 spiro atoms. The minimum atomic E-state index is -0.755. The number of rotatable bonds is 5. The van der Waals surface area contributed by atoms with Crippen LogP contribution in [0.25, 0.3) is 10.8 Å². The molecule has 3 rings (SSSR count). The first-order valence-corrected chi connectivity index (χ1v) is 9.23. The SMILES string of the molecule is CC(C)(C(=O)NCc1coc(-c2cccs2)n1)c1ccc(Cl)c(Cl)c1. The van der Waals surface area contributed by atoms with Crippen molar-refractivity contribution in [1.29, 1.82) is 0 Å². The molecule has 0 atom stereocenters. The Labute approximate surface area is 159 Å². The molecule has 0 fully saturated rings. The third-order valence-electron chi connectivity index (χ3n) is 3.92. The molecule has 0 saturated carbocycles. The van der Waals surface area contributed by atoms with E-state index in [1.807, 2.05) is 31.4 Å². The number of hydrogen-bond acceptors (Lipinski definition) is 4. The standard InChI is InChI=1S/C18H16Cl2N2O2S/c1-18(2,11-5-6-13(19)14(20)8-11)17(23)21-9-12-10-24-16(22-12)15-4-3-7-25-15/h3-8,10H,9H2,1-2H3,(H,21,23). The van der Waals surface area contributed by atoms with Crippen LogP contribution in [0, 0.1) is 0 Å². The largest absolute Gasteiger partial charge is 0.443 e. The van der Waals surface area contributed by atoms with E-state index in [0.29, 0.717) is 28.2 Å². The highest BCUT2D eigenvalue weighted by Gasteiger charge is 2.30. The van der Waals surface area contributed by atoms with Gasteiger partial charge in [-0.2, -0.15) is 0 Å². The molecular weight excluding hydrogens is 379 g/mol. The van der Waals surface area contributed by atoms with Crippen molar-refractivity contribution in [2.24, 2.45) is 0 Å². The number of carbonyl (C=O) groups is 1. The van der Waals surface area contributed by atoms with Crippen molar-refractivity contribution in [2.45, 2.75) is 25.8 Å². The second-order valence-electron chi connectivity index (χ2n) is 6.06. The van der Waals surface area contributed by atoms with E-state index in [0.717, 1.165) is 10.4 Å². The summed E-state index contributed by atoms with van der Waals surface area (Å²) in [7, 11) is 0. The molecule has 7 heteroatoms. The summed E-state index contributed by atoms with van der Waals surface area (Å²) in [5, 5.41) is 5.75. The van der Waals surface area contributed by atoms with E-state index in [-0.39, 0.29) is 5.91 Å². The normalized spacial score (nSPS) is 11.5. The van der Waals surface area contributed by atoms with Gasteiger partial charge in [-0.05, 0) is 43.0 Å². The lowest BCUT2D eigenvalue weighted by molar-refractivity contribution is -0.125. The Balaban J connectivity index is 1.68. The van der Waals surface area contributed by atoms with E-state index < -0.39 is 5.41 Å². The molecule has 1 amide bonds. The summed E-state index contributed by atoms with van der Waals surface area (Å²) in [6.07, 6.45) is 1.56. The maximum absolute atomic E-state index is 12.6. The van der Waals surface area contributed by atoms with Gasteiger partial charge >= 0.3 is 0 Å². The summed E-state index contributed by atoms with van der Waals surface area (Å²) in [5.74, 6) is 0.426. The topological polar surface area (TPSA) is 55.1 Å². The van der Waals surface area contributed by atoms with Crippen LogP contribution in [0.1, 0.15) is 25.1 Å². The van der Waals surface area contributed by atoms with E-state index in [2.05, 4.69) is 10.3 Å². The van der Waals surface area contributed by atoms with Gasteiger partial charge in [0.15, 0.2) is 0 Å². The number of carbonyl (C=O) groups excluding carboxylic acids is 1. The fraction of sp³-hybridized carbons (Fsp3) is 0.222. The van der Waals surface area contributed by atoms with Crippen molar-refractivity contribution in [3.05, 3.63) is 63.3 Å². The van der Waals surface area contributed by atoms with Crippen LogP contribution in [-0.4, -0.2) is 10.9 Å². The molecule has 4 nitrogen and oxygen atoms in total. The van der Waals surface area contributed by atoms with Crippen LogP contribution in [-0.2, 0) is 16.8 Å². The molecule has 0 aliphatic heterocycles. The first-order valence-electron chi connectivity index (χ1n) is 7.60. The lowest BCUT2D eigenvalue weighted by Crippen LogP contribution is -2.39. The first kappa shape index (κ1) is 18.0. The minimum absolute atomic E-state index is 0.133. The van der Waals surface area contributed by atoms with E-state index in [1.54, 1.807) is 35.8 Å². The molecule has 3 aromatic rings. The number of hydrogen-bond donors (Lipinski definition) is 1. The van der Waals surface area contributed by atoms with Gasteiger partial charge < -0.3 is 9.73 Å². The van der Waals surface area contributed by atoms with Gasteiger partial charge in [0.2, 0.25) is 11.8 Å². The van der Waals surface area contributed by atoms with Crippen LogP contribution in [0.2, 0.25) is 10.0 Å². The van der Waals surface area contributed by atoms with Crippen LogP contribution in [0.5, 0.6) is 0 Å². The van der Waals surface area contributed by atoms with Crippen molar-refractivity contribution >= 4 is 40.4 Å². The van der Waals surface area contributed by atoms with Gasteiger partial charge in [0, 0.05) is 0 Å². The summed E-state index contributed by atoms with van der Waals surface area (Å²) in [5.41, 5.74) is 0.703. The number of aromatic nitrogens is 1. The van der Waals surface area contributed by atoms with Gasteiger partial charge in [0.25, 0.3) is 0 Å². The van der Waals surface area contributed by atoms with E-state index in [4.69, 9.17) is 27.6 Å². The van der Waals surface area contributed by atoms with Crippen molar-refractivity contribution in [1.82, 2.24) is 10.3 Å². The quantitative estimate of drug-likeness (QED) is 0.638. The molecule has 0 radical (unpaired) electrons. The van der Waals surface area contributed by atoms with Crippen molar-refractivity contribution in [2.75, 3.05) is 0 Å². The fourth-order valence-corrected chi connectivity index (χ4v) is 3.26. The zero-order valence-corrected chi connectivity index (χ0v) is 16.0. The fourth-order valence-electron chi connectivity index (χ4n) is 2.31. The monoisotopic (exact) mass is 394 g/mol. The Morgan fingerprint density at radius 3 is 2.76 bits per heavy atom. The predicted octanol–water partition coefficient (Wildman–Crippen LogP) is 5.30. The number of amides is 1. The highest BCUT2D eigenvalue weighted by molar-refractivity contribution is 7.13. The van der Waals surface area contributed by atoms with Gasteiger partial charge in [0.1, 0.15) is 6.26 Å². The minimum Gasteiger partial charge on any atom is -0.443 e. The van der Waals surface area contributed by atoms with Crippen molar-refractivity contribution in [3.63, 3.8) is 0 Å². The van der Waals surface area contributed by atoms with Gasteiger partial charge in [-0.3, -0.25) is 4.79 Å². The molecule has 0 aliphatic carbocycles. The van der Waals surface area contributed by atoms with Crippen molar-refractivity contribution < 1.29 is 9.21 Å². The van der Waals surface area contributed by atoms with Gasteiger partial charge in [-0.1, -0.05) is 35.3 Å².